The molecule has 0 spiro atoms. The number of hydrogen-bond donors (Lipinski definition) is 2. The Morgan fingerprint density at radius 3 is 2.85 bits per heavy atom. The predicted molar refractivity (Wildman–Crippen MR) is 75.8 cm³/mol. The molecule has 0 radical (unpaired) electrons. The van der Waals surface area contributed by atoms with E-state index in [1.165, 1.54) is 7.11 Å². The number of methoxy groups -OCH3 is 1. The van der Waals surface area contributed by atoms with Gasteiger partial charge in [0.2, 0.25) is 5.91 Å². The summed E-state index contributed by atoms with van der Waals surface area (Å²) >= 11 is 0. The lowest BCUT2D eigenvalue weighted by Crippen LogP contribution is -2.55. The zero-order valence-electron chi connectivity index (χ0n) is 11.8. The lowest BCUT2D eigenvalue weighted by atomic mass is 9.97. The van der Waals surface area contributed by atoms with Crippen molar-refractivity contribution in [1.29, 1.82) is 0 Å². The third-order valence-electron chi connectivity index (χ3n) is 3.92. The van der Waals surface area contributed by atoms with Crippen molar-refractivity contribution in [3.8, 4) is 0 Å². The minimum Gasteiger partial charge on any atom is -0.467 e. The second-order valence-corrected chi connectivity index (χ2v) is 5.32. The van der Waals surface area contributed by atoms with Crippen LogP contribution >= 0.6 is 12.4 Å². The van der Waals surface area contributed by atoms with E-state index < -0.39 is 11.5 Å². The Hall–Kier alpha value is -0.850. The zero-order valence-corrected chi connectivity index (χ0v) is 12.6. The molecule has 2 aliphatic rings. The number of nitrogens with one attached hydrogen (secondary N) is 2. The van der Waals surface area contributed by atoms with Gasteiger partial charge in [-0.25, -0.2) is 4.79 Å². The molecule has 2 aliphatic heterocycles. The van der Waals surface area contributed by atoms with Gasteiger partial charge in [-0.1, -0.05) is 0 Å². The molecule has 0 aromatic carbocycles. The number of rotatable bonds is 5. The van der Waals surface area contributed by atoms with Gasteiger partial charge in [0, 0.05) is 19.4 Å². The van der Waals surface area contributed by atoms with Crippen LogP contribution in [0.5, 0.6) is 0 Å². The van der Waals surface area contributed by atoms with Crippen molar-refractivity contribution in [2.75, 3.05) is 33.4 Å². The molecule has 0 saturated carbocycles. The average molecular weight is 307 g/mol. The molecule has 2 fully saturated rings. The van der Waals surface area contributed by atoms with E-state index in [1.807, 2.05) is 0 Å². The van der Waals surface area contributed by atoms with Gasteiger partial charge in [-0.2, -0.15) is 0 Å². The van der Waals surface area contributed by atoms with Crippen molar-refractivity contribution in [1.82, 2.24) is 10.6 Å². The van der Waals surface area contributed by atoms with Crippen molar-refractivity contribution in [2.24, 2.45) is 5.92 Å². The lowest BCUT2D eigenvalue weighted by Gasteiger charge is -2.25. The van der Waals surface area contributed by atoms with Crippen LogP contribution in [0.3, 0.4) is 0 Å². The highest BCUT2D eigenvalue weighted by molar-refractivity contribution is 5.88. The van der Waals surface area contributed by atoms with Gasteiger partial charge in [-0.3, -0.25) is 4.79 Å². The third-order valence-corrected chi connectivity index (χ3v) is 3.92. The van der Waals surface area contributed by atoms with Crippen LogP contribution in [-0.4, -0.2) is 50.8 Å². The predicted octanol–water partition coefficient (Wildman–Crippen LogP) is 0.246. The van der Waals surface area contributed by atoms with Gasteiger partial charge >= 0.3 is 5.97 Å². The van der Waals surface area contributed by atoms with Crippen molar-refractivity contribution in [3.05, 3.63) is 0 Å². The summed E-state index contributed by atoms with van der Waals surface area (Å²) in [7, 11) is 1.33. The van der Waals surface area contributed by atoms with Crippen molar-refractivity contribution >= 4 is 24.3 Å². The van der Waals surface area contributed by atoms with Crippen molar-refractivity contribution < 1.29 is 19.1 Å². The van der Waals surface area contributed by atoms with Crippen LogP contribution in [-0.2, 0) is 19.1 Å². The van der Waals surface area contributed by atoms with E-state index in [2.05, 4.69) is 10.6 Å². The van der Waals surface area contributed by atoms with Gasteiger partial charge < -0.3 is 20.1 Å². The largest absolute Gasteiger partial charge is 0.467 e. The summed E-state index contributed by atoms with van der Waals surface area (Å²) in [6.45, 7) is 2.70. The Bertz CT molecular complexity index is 339. The summed E-state index contributed by atoms with van der Waals surface area (Å²) in [5, 5.41) is 6.09. The maximum absolute atomic E-state index is 12.0. The molecule has 0 aromatic heterocycles. The highest BCUT2D eigenvalue weighted by atomic mass is 35.5. The standard InChI is InChI=1S/C13H22N2O4.ClH/c1-18-12(17)13(5-7-19-9-13)15-11(16)3-2-10-4-6-14-8-10;/h10,14H,2-9H2,1H3,(H,15,16);1H. The number of amides is 1. The van der Waals surface area contributed by atoms with E-state index in [0.717, 1.165) is 25.9 Å². The molecular formula is C13H23ClN2O4. The first kappa shape index (κ1) is 17.2. The highest BCUT2D eigenvalue weighted by Crippen LogP contribution is 2.21. The van der Waals surface area contributed by atoms with Gasteiger partial charge in [-0.15, -0.1) is 12.4 Å². The molecule has 7 heteroatoms. The van der Waals surface area contributed by atoms with Crippen LogP contribution in [0, 0.1) is 5.92 Å². The fraction of sp³-hybridized carbons (Fsp3) is 0.846. The van der Waals surface area contributed by atoms with Gasteiger partial charge in [0.1, 0.15) is 0 Å². The van der Waals surface area contributed by atoms with E-state index in [-0.39, 0.29) is 24.9 Å². The van der Waals surface area contributed by atoms with Crippen LogP contribution in [0.2, 0.25) is 0 Å². The van der Waals surface area contributed by atoms with Crippen molar-refractivity contribution in [2.45, 2.75) is 31.2 Å². The summed E-state index contributed by atoms with van der Waals surface area (Å²) in [5.41, 5.74) is -0.972. The summed E-state index contributed by atoms with van der Waals surface area (Å²) in [6, 6.07) is 0. The van der Waals surface area contributed by atoms with E-state index in [1.54, 1.807) is 0 Å². The van der Waals surface area contributed by atoms with E-state index in [4.69, 9.17) is 9.47 Å². The minimum absolute atomic E-state index is 0. The zero-order chi connectivity index (χ0) is 13.7. The molecule has 6 nitrogen and oxygen atoms in total. The Morgan fingerprint density at radius 2 is 2.30 bits per heavy atom. The first-order chi connectivity index (χ1) is 9.16. The molecule has 2 unspecified atom stereocenters. The smallest absolute Gasteiger partial charge is 0.334 e. The summed E-state index contributed by atoms with van der Waals surface area (Å²) in [6.07, 6.45) is 2.91. The third kappa shape index (κ3) is 4.07. The summed E-state index contributed by atoms with van der Waals surface area (Å²) in [5.74, 6) is 0.0586. The number of hydrogen-bond acceptors (Lipinski definition) is 5. The maximum atomic E-state index is 12.0. The number of halogens is 1. The lowest BCUT2D eigenvalue weighted by molar-refractivity contribution is -0.151. The molecular weight excluding hydrogens is 284 g/mol. The van der Waals surface area contributed by atoms with Gasteiger partial charge in [0.05, 0.1) is 13.7 Å². The van der Waals surface area contributed by atoms with E-state index in [9.17, 15) is 9.59 Å². The molecule has 2 atom stereocenters. The fourth-order valence-corrected chi connectivity index (χ4v) is 2.70. The molecule has 2 N–H and O–H groups in total. The fourth-order valence-electron chi connectivity index (χ4n) is 2.70. The Labute approximate surface area is 125 Å². The van der Waals surface area contributed by atoms with E-state index >= 15 is 0 Å². The molecule has 0 bridgehead atoms. The SMILES string of the molecule is COC(=O)C1(NC(=O)CCC2CCNC2)CCOC1.Cl. The van der Waals surface area contributed by atoms with Crippen LogP contribution in [0.25, 0.3) is 0 Å². The minimum atomic E-state index is -0.972. The molecule has 1 amide bonds. The first-order valence-electron chi connectivity index (χ1n) is 6.84. The average Bonchev–Trinajstić information content (AvgIpc) is 3.07. The normalized spacial score (nSPS) is 28.8. The monoisotopic (exact) mass is 306 g/mol. The highest BCUT2D eigenvalue weighted by Gasteiger charge is 2.44. The van der Waals surface area contributed by atoms with Crippen LogP contribution in [0.4, 0.5) is 0 Å². The number of carbonyl (C=O) groups excluding carboxylic acids is 2. The second kappa shape index (κ2) is 7.81. The van der Waals surface area contributed by atoms with Crippen LogP contribution in [0.1, 0.15) is 25.7 Å². The van der Waals surface area contributed by atoms with Crippen LogP contribution < -0.4 is 10.6 Å². The quantitative estimate of drug-likeness (QED) is 0.712. The summed E-state index contributed by atoms with van der Waals surface area (Å²) < 4.78 is 10.0. The van der Waals surface area contributed by atoms with E-state index in [0.29, 0.717) is 25.4 Å². The van der Waals surface area contributed by atoms with Gasteiger partial charge in [-0.05, 0) is 31.8 Å². The number of ether oxygens (including phenoxy) is 2. The Balaban J connectivity index is 0.00000200. The second-order valence-electron chi connectivity index (χ2n) is 5.32. The van der Waals surface area contributed by atoms with Gasteiger partial charge in [0.25, 0.3) is 0 Å². The number of esters is 1. The molecule has 20 heavy (non-hydrogen) atoms. The Kier molecular flexibility index (Phi) is 6.71. The van der Waals surface area contributed by atoms with Crippen LogP contribution in [0.15, 0.2) is 0 Å². The summed E-state index contributed by atoms with van der Waals surface area (Å²) in [4.78, 5) is 23.8. The van der Waals surface area contributed by atoms with Crippen molar-refractivity contribution in [3.63, 3.8) is 0 Å². The molecule has 0 aromatic rings. The maximum Gasteiger partial charge on any atom is 0.334 e. The van der Waals surface area contributed by atoms with Gasteiger partial charge in [0.15, 0.2) is 5.54 Å². The topological polar surface area (TPSA) is 76.7 Å². The molecule has 116 valence electrons. The molecule has 2 rings (SSSR count). The molecule has 2 heterocycles. The molecule has 2 saturated heterocycles. The first-order valence-corrected chi connectivity index (χ1v) is 6.84. The molecule has 0 aliphatic carbocycles. The number of carbonyl (C=O) groups is 2. The Morgan fingerprint density at radius 1 is 1.50 bits per heavy atom.